The lowest BCUT2D eigenvalue weighted by Gasteiger charge is -2.14. The molecule has 0 amide bonds. The van der Waals surface area contributed by atoms with Crippen LogP contribution < -0.4 is 9.47 Å². The number of hydrogen-bond donors (Lipinski definition) is 1. The molecule has 3 nitrogen and oxygen atoms in total. The number of aliphatic hydroxyl groups excluding tert-OH is 1. The van der Waals surface area contributed by atoms with Gasteiger partial charge in [0.15, 0.2) is 0 Å². The van der Waals surface area contributed by atoms with Crippen molar-refractivity contribution in [1.82, 2.24) is 0 Å². The number of rotatable bonds is 5. The lowest BCUT2D eigenvalue weighted by Crippen LogP contribution is -2.02. The van der Waals surface area contributed by atoms with Crippen molar-refractivity contribution in [3.8, 4) is 11.5 Å². The molecule has 2 aromatic carbocycles. The summed E-state index contributed by atoms with van der Waals surface area (Å²) in [6.07, 6.45) is -0.0108. The predicted molar refractivity (Wildman–Crippen MR) is 74.7 cm³/mol. The van der Waals surface area contributed by atoms with Crippen molar-refractivity contribution in [3.63, 3.8) is 0 Å². The van der Waals surface area contributed by atoms with Gasteiger partial charge in [-0.2, -0.15) is 0 Å². The second-order valence-electron chi connectivity index (χ2n) is 4.35. The van der Waals surface area contributed by atoms with Gasteiger partial charge in [-0.25, -0.2) is 0 Å². The van der Waals surface area contributed by atoms with Gasteiger partial charge >= 0.3 is 0 Å². The van der Waals surface area contributed by atoms with Gasteiger partial charge in [0.2, 0.25) is 0 Å². The van der Waals surface area contributed by atoms with Crippen LogP contribution in [0.4, 0.5) is 0 Å². The van der Waals surface area contributed by atoms with Crippen LogP contribution in [0.25, 0.3) is 0 Å². The Hall–Kier alpha value is -2.00. The highest BCUT2D eigenvalue weighted by Gasteiger charge is 2.11. The quantitative estimate of drug-likeness (QED) is 0.896. The van der Waals surface area contributed by atoms with E-state index in [-0.39, 0.29) is 0 Å². The molecule has 0 bridgehead atoms. The molecule has 0 aromatic heterocycles. The van der Waals surface area contributed by atoms with E-state index in [1.807, 2.05) is 42.5 Å². The molecule has 0 saturated heterocycles. The van der Waals surface area contributed by atoms with Crippen molar-refractivity contribution in [2.24, 2.45) is 0 Å². The van der Waals surface area contributed by atoms with E-state index in [0.717, 1.165) is 11.1 Å². The van der Waals surface area contributed by atoms with Crippen molar-refractivity contribution in [2.45, 2.75) is 12.5 Å². The molecule has 19 heavy (non-hydrogen) atoms. The Balaban J connectivity index is 2.20. The molecule has 0 aliphatic carbocycles. The molecule has 0 radical (unpaired) electrons. The summed E-state index contributed by atoms with van der Waals surface area (Å²) >= 11 is 0. The molecule has 0 heterocycles. The average Bonchev–Trinajstić information content (AvgIpc) is 2.47. The topological polar surface area (TPSA) is 38.7 Å². The second kappa shape index (κ2) is 6.25. The maximum Gasteiger partial charge on any atom is 0.122 e. The summed E-state index contributed by atoms with van der Waals surface area (Å²) in [6.45, 7) is 0. The SMILES string of the molecule is COc1cc(OC)cc(C(O)Cc2ccccc2)c1. The molecule has 1 unspecified atom stereocenters. The molecule has 0 aliphatic rings. The van der Waals surface area contributed by atoms with Crippen molar-refractivity contribution in [2.75, 3.05) is 14.2 Å². The van der Waals surface area contributed by atoms with Crippen LogP contribution in [-0.2, 0) is 6.42 Å². The Morgan fingerprint density at radius 1 is 0.947 bits per heavy atom. The third kappa shape index (κ3) is 3.48. The molecule has 100 valence electrons. The fourth-order valence-electron chi connectivity index (χ4n) is 1.98. The largest absolute Gasteiger partial charge is 0.497 e. The van der Waals surface area contributed by atoms with E-state index < -0.39 is 6.10 Å². The van der Waals surface area contributed by atoms with Gasteiger partial charge in [-0.3, -0.25) is 0 Å². The molecule has 2 aromatic rings. The monoisotopic (exact) mass is 258 g/mol. The van der Waals surface area contributed by atoms with E-state index in [1.165, 1.54) is 0 Å². The summed E-state index contributed by atoms with van der Waals surface area (Å²) in [7, 11) is 3.20. The van der Waals surface area contributed by atoms with Crippen LogP contribution in [0.1, 0.15) is 17.2 Å². The molecule has 1 N–H and O–H groups in total. The molecular weight excluding hydrogens is 240 g/mol. The third-order valence-corrected chi connectivity index (χ3v) is 3.03. The Kier molecular flexibility index (Phi) is 4.42. The summed E-state index contributed by atoms with van der Waals surface area (Å²) < 4.78 is 10.4. The number of methoxy groups -OCH3 is 2. The van der Waals surface area contributed by atoms with Crippen LogP contribution in [0.3, 0.4) is 0 Å². The highest BCUT2D eigenvalue weighted by Crippen LogP contribution is 2.28. The van der Waals surface area contributed by atoms with Crippen LogP contribution in [0.2, 0.25) is 0 Å². The lowest BCUT2D eigenvalue weighted by atomic mass is 10.0. The molecule has 1 atom stereocenters. The number of benzene rings is 2. The minimum Gasteiger partial charge on any atom is -0.497 e. The highest BCUT2D eigenvalue weighted by atomic mass is 16.5. The summed E-state index contributed by atoms with van der Waals surface area (Å²) in [5, 5.41) is 10.3. The van der Waals surface area contributed by atoms with E-state index in [4.69, 9.17) is 9.47 Å². The third-order valence-electron chi connectivity index (χ3n) is 3.03. The Labute approximate surface area is 113 Å². The number of ether oxygens (including phenoxy) is 2. The highest BCUT2D eigenvalue weighted by molar-refractivity contribution is 5.39. The Bertz CT molecular complexity index is 501. The molecule has 0 saturated carbocycles. The molecule has 0 aliphatic heterocycles. The zero-order valence-electron chi connectivity index (χ0n) is 11.2. The first kappa shape index (κ1) is 13.4. The number of aliphatic hydroxyl groups is 1. The molecule has 3 heteroatoms. The fourth-order valence-corrected chi connectivity index (χ4v) is 1.98. The van der Waals surface area contributed by atoms with E-state index in [2.05, 4.69) is 0 Å². The van der Waals surface area contributed by atoms with E-state index in [0.29, 0.717) is 17.9 Å². The van der Waals surface area contributed by atoms with Gasteiger partial charge in [0, 0.05) is 12.5 Å². The minimum absolute atomic E-state index is 0.567. The molecule has 2 rings (SSSR count). The van der Waals surface area contributed by atoms with Crippen molar-refractivity contribution >= 4 is 0 Å². The molecule has 0 fully saturated rings. The van der Waals surface area contributed by atoms with Crippen LogP contribution in [0.15, 0.2) is 48.5 Å². The standard InChI is InChI=1S/C16H18O3/c1-18-14-9-13(10-15(11-14)19-2)16(17)8-12-6-4-3-5-7-12/h3-7,9-11,16-17H,8H2,1-2H3. The van der Waals surface area contributed by atoms with Gasteiger partial charge in [-0.15, -0.1) is 0 Å². The zero-order chi connectivity index (χ0) is 13.7. The predicted octanol–water partition coefficient (Wildman–Crippen LogP) is 2.98. The van der Waals surface area contributed by atoms with Gasteiger partial charge < -0.3 is 14.6 Å². The smallest absolute Gasteiger partial charge is 0.122 e. The van der Waals surface area contributed by atoms with Gasteiger partial charge in [0.25, 0.3) is 0 Å². The maximum absolute atomic E-state index is 10.3. The molecule has 0 spiro atoms. The Morgan fingerprint density at radius 2 is 1.53 bits per heavy atom. The first-order valence-corrected chi connectivity index (χ1v) is 6.18. The van der Waals surface area contributed by atoms with Gasteiger partial charge in [-0.05, 0) is 23.3 Å². The van der Waals surface area contributed by atoms with Crippen LogP contribution in [0.5, 0.6) is 11.5 Å². The molecular formula is C16H18O3. The minimum atomic E-state index is -0.577. The fraction of sp³-hybridized carbons (Fsp3) is 0.250. The first-order valence-electron chi connectivity index (χ1n) is 6.18. The van der Waals surface area contributed by atoms with E-state index in [9.17, 15) is 5.11 Å². The van der Waals surface area contributed by atoms with E-state index in [1.54, 1.807) is 20.3 Å². The zero-order valence-corrected chi connectivity index (χ0v) is 11.2. The maximum atomic E-state index is 10.3. The van der Waals surface area contributed by atoms with Crippen molar-refractivity contribution in [3.05, 3.63) is 59.7 Å². The second-order valence-corrected chi connectivity index (χ2v) is 4.35. The average molecular weight is 258 g/mol. The van der Waals surface area contributed by atoms with Crippen molar-refractivity contribution in [1.29, 1.82) is 0 Å². The van der Waals surface area contributed by atoms with E-state index >= 15 is 0 Å². The number of hydrogen-bond acceptors (Lipinski definition) is 3. The van der Waals surface area contributed by atoms with Crippen LogP contribution >= 0.6 is 0 Å². The summed E-state index contributed by atoms with van der Waals surface area (Å²) in [4.78, 5) is 0. The van der Waals surface area contributed by atoms with Crippen molar-refractivity contribution < 1.29 is 14.6 Å². The normalized spacial score (nSPS) is 11.9. The summed E-state index contributed by atoms with van der Waals surface area (Å²) in [5.74, 6) is 1.36. The van der Waals surface area contributed by atoms with Crippen LogP contribution in [0, 0.1) is 0 Å². The summed E-state index contributed by atoms with van der Waals surface area (Å²) in [6, 6.07) is 15.3. The van der Waals surface area contributed by atoms with Crippen LogP contribution in [-0.4, -0.2) is 19.3 Å². The lowest BCUT2D eigenvalue weighted by molar-refractivity contribution is 0.177. The Morgan fingerprint density at radius 3 is 2.05 bits per heavy atom. The first-order chi connectivity index (χ1) is 9.22. The van der Waals surface area contributed by atoms with Gasteiger partial charge in [-0.1, -0.05) is 30.3 Å². The van der Waals surface area contributed by atoms with Gasteiger partial charge in [0.05, 0.1) is 20.3 Å². The summed E-state index contributed by atoms with van der Waals surface area (Å²) in [5.41, 5.74) is 1.89. The van der Waals surface area contributed by atoms with Gasteiger partial charge in [0.1, 0.15) is 11.5 Å².